The van der Waals surface area contributed by atoms with Crippen LogP contribution in [0, 0.1) is 0 Å². The van der Waals surface area contributed by atoms with E-state index >= 15 is 0 Å². The standard InChI is InChI=1S/C8H19N.C2H6N2O.C2H6/c1-4-7-8-9(5-2)6-3;3-4-1-2-5;1-2/h4-8H2,1-3H3;2,4H,1,3H2;1-2H3. The predicted octanol–water partition coefficient (Wildman–Crippen LogP) is 1.80. The van der Waals surface area contributed by atoms with Gasteiger partial charge in [-0.3, -0.25) is 11.3 Å². The first-order chi connectivity index (χ1) is 7.76. The summed E-state index contributed by atoms with van der Waals surface area (Å²) in [5.74, 6) is 4.66. The molecule has 0 aliphatic heterocycles. The first kappa shape index (κ1) is 20.9. The Hall–Kier alpha value is -0.450. The normalized spacial score (nSPS) is 8.69. The Balaban J connectivity index is -0.000000205. The molecule has 0 radical (unpaired) electrons. The van der Waals surface area contributed by atoms with E-state index in [0.29, 0.717) is 6.29 Å². The van der Waals surface area contributed by atoms with E-state index in [9.17, 15) is 4.79 Å². The highest BCUT2D eigenvalue weighted by atomic mass is 16.1. The van der Waals surface area contributed by atoms with Crippen LogP contribution in [0.25, 0.3) is 0 Å². The van der Waals surface area contributed by atoms with Gasteiger partial charge in [0.25, 0.3) is 0 Å². The van der Waals surface area contributed by atoms with E-state index in [1.165, 1.54) is 32.5 Å². The molecule has 16 heavy (non-hydrogen) atoms. The molecule has 0 heterocycles. The number of nitrogens with zero attached hydrogens (tertiary/aromatic N) is 1. The number of rotatable bonds is 7. The largest absolute Gasteiger partial charge is 0.304 e. The summed E-state index contributed by atoms with van der Waals surface area (Å²) in [6.07, 6.45) is 3.36. The average Bonchev–Trinajstić information content (AvgIpc) is 2.35. The number of nitrogens with one attached hydrogen (secondary N) is 1. The Morgan fingerprint density at radius 3 is 1.88 bits per heavy atom. The van der Waals surface area contributed by atoms with E-state index in [1.54, 1.807) is 0 Å². The van der Waals surface area contributed by atoms with Gasteiger partial charge in [-0.1, -0.05) is 41.0 Å². The summed E-state index contributed by atoms with van der Waals surface area (Å²) >= 11 is 0. The summed E-state index contributed by atoms with van der Waals surface area (Å²) in [6.45, 7) is 14.6. The number of carbonyl (C=O) groups excluding carboxylic acids is 1. The molecule has 0 atom stereocenters. The molecule has 0 aromatic carbocycles. The summed E-state index contributed by atoms with van der Waals surface area (Å²) < 4.78 is 0. The number of carbonyl (C=O) groups is 1. The van der Waals surface area contributed by atoms with Crippen molar-refractivity contribution < 1.29 is 4.79 Å². The van der Waals surface area contributed by atoms with Crippen LogP contribution < -0.4 is 11.3 Å². The van der Waals surface area contributed by atoms with E-state index < -0.39 is 0 Å². The van der Waals surface area contributed by atoms with Crippen molar-refractivity contribution in [1.82, 2.24) is 10.3 Å². The molecule has 3 N–H and O–H groups in total. The van der Waals surface area contributed by atoms with Crippen molar-refractivity contribution in [2.45, 2.75) is 47.5 Å². The van der Waals surface area contributed by atoms with Gasteiger partial charge >= 0.3 is 0 Å². The highest BCUT2D eigenvalue weighted by Crippen LogP contribution is 1.92. The van der Waals surface area contributed by atoms with Crippen molar-refractivity contribution in [2.75, 3.05) is 26.2 Å². The van der Waals surface area contributed by atoms with Crippen LogP contribution in [0.2, 0.25) is 0 Å². The Morgan fingerprint density at radius 1 is 1.19 bits per heavy atom. The number of unbranched alkanes of at least 4 members (excludes halogenated alkanes) is 1. The lowest BCUT2D eigenvalue weighted by Crippen LogP contribution is -2.23. The van der Waals surface area contributed by atoms with Gasteiger partial charge in [-0.25, -0.2) is 0 Å². The Morgan fingerprint density at radius 2 is 1.69 bits per heavy atom. The van der Waals surface area contributed by atoms with Crippen LogP contribution in [0.5, 0.6) is 0 Å². The number of aldehydes is 1. The molecular weight excluding hydrogens is 202 g/mol. The van der Waals surface area contributed by atoms with Gasteiger partial charge in [-0.2, -0.15) is 0 Å². The molecular formula is C12H31N3O. The van der Waals surface area contributed by atoms with Gasteiger partial charge in [0.05, 0.1) is 6.54 Å². The fourth-order valence-corrected chi connectivity index (χ4v) is 0.970. The smallest absolute Gasteiger partial charge is 0.135 e. The molecule has 0 fully saturated rings. The Kier molecular flexibility index (Phi) is 31.4. The third-order valence-electron chi connectivity index (χ3n) is 1.92. The van der Waals surface area contributed by atoms with E-state index in [-0.39, 0.29) is 6.54 Å². The fraction of sp³-hybridized carbons (Fsp3) is 0.917. The van der Waals surface area contributed by atoms with Crippen molar-refractivity contribution in [1.29, 1.82) is 0 Å². The first-order valence-corrected chi connectivity index (χ1v) is 6.36. The molecule has 0 aliphatic carbocycles. The van der Waals surface area contributed by atoms with Crippen molar-refractivity contribution >= 4 is 6.29 Å². The first-order valence-electron chi connectivity index (χ1n) is 6.36. The van der Waals surface area contributed by atoms with Gasteiger partial charge in [0.2, 0.25) is 0 Å². The molecule has 0 saturated heterocycles. The molecule has 0 unspecified atom stereocenters. The second-order valence-electron chi connectivity index (χ2n) is 2.96. The monoisotopic (exact) mass is 233 g/mol. The molecule has 4 heteroatoms. The van der Waals surface area contributed by atoms with Crippen LogP contribution in [-0.2, 0) is 4.79 Å². The molecule has 100 valence electrons. The zero-order chi connectivity index (χ0) is 13.2. The van der Waals surface area contributed by atoms with Crippen LogP contribution in [-0.4, -0.2) is 37.4 Å². The number of hydrogen-bond acceptors (Lipinski definition) is 4. The van der Waals surface area contributed by atoms with Gasteiger partial charge in [0, 0.05) is 0 Å². The molecule has 0 spiro atoms. The minimum Gasteiger partial charge on any atom is -0.304 e. The zero-order valence-electron chi connectivity index (χ0n) is 11.8. The molecule has 0 rings (SSSR count). The van der Waals surface area contributed by atoms with E-state index in [2.05, 4.69) is 36.9 Å². The number of hydrogen-bond donors (Lipinski definition) is 2. The van der Waals surface area contributed by atoms with Crippen LogP contribution in [0.4, 0.5) is 0 Å². The summed E-state index contributed by atoms with van der Waals surface area (Å²) in [6, 6.07) is 0. The lowest BCUT2D eigenvalue weighted by Gasteiger charge is -2.16. The SMILES string of the molecule is CC.CCCCN(CC)CC.NNCC=O. The molecule has 0 aromatic heterocycles. The lowest BCUT2D eigenvalue weighted by molar-refractivity contribution is -0.107. The Bertz CT molecular complexity index is 106. The number of nitrogens with two attached hydrogens (primary N) is 1. The van der Waals surface area contributed by atoms with Crippen molar-refractivity contribution in [2.24, 2.45) is 5.84 Å². The van der Waals surface area contributed by atoms with Crippen molar-refractivity contribution in [3.05, 3.63) is 0 Å². The maximum atomic E-state index is 9.26. The number of hydrazine groups is 1. The fourth-order valence-electron chi connectivity index (χ4n) is 0.970. The maximum absolute atomic E-state index is 9.26. The third-order valence-corrected chi connectivity index (χ3v) is 1.92. The second-order valence-corrected chi connectivity index (χ2v) is 2.96. The third kappa shape index (κ3) is 23.4. The lowest BCUT2D eigenvalue weighted by atomic mass is 10.3. The van der Waals surface area contributed by atoms with Crippen LogP contribution in [0.1, 0.15) is 47.5 Å². The van der Waals surface area contributed by atoms with Gasteiger partial charge < -0.3 is 9.69 Å². The quantitative estimate of drug-likeness (QED) is 0.400. The highest BCUT2D eigenvalue weighted by molar-refractivity contribution is 5.51. The predicted molar refractivity (Wildman–Crippen MR) is 72.3 cm³/mol. The van der Waals surface area contributed by atoms with Crippen LogP contribution >= 0.6 is 0 Å². The summed E-state index contributed by atoms with van der Waals surface area (Å²) in [7, 11) is 0. The van der Waals surface area contributed by atoms with Crippen LogP contribution in [0.3, 0.4) is 0 Å². The second kappa shape index (κ2) is 24.0. The summed E-state index contributed by atoms with van der Waals surface area (Å²) in [4.78, 5) is 11.7. The van der Waals surface area contributed by atoms with Gasteiger partial charge in [0.15, 0.2) is 0 Å². The van der Waals surface area contributed by atoms with Crippen LogP contribution in [0.15, 0.2) is 0 Å². The maximum Gasteiger partial charge on any atom is 0.135 e. The topological polar surface area (TPSA) is 58.4 Å². The molecule has 0 amide bonds. The molecule has 0 saturated carbocycles. The minimum atomic E-state index is 0.236. The van der Waals surface area contributed by atoms with E-state index in [4.69, 9.17) is 0 Å². The van der Waals surface area contributed by atoms with E-state index in [0.717, 1.165) is 0 Å². The van der Waals surface area contributed by atoms with Crippen molar-refractivity contribution in [3.63, 3.8) is 0 Å². The van der Waals surface area contributed by atoms with E-state index in [1.807, 2.05) is 13.8 Å². The molecule has 4 nitrogen and oxygen atoms in total. The van der Waals surface area contributed by atoms with Crippen molar-refractivity contribution in [3.8, 4) is 0 Å². The Labute approximate surface area is 102 Å². The summed E-state index contributed by atoms with van der Waals surface area (Å²) in [5.41, 5.74) is 2.15. The van der Waals surface area contributed by atoms with Gasteiger partial charge in [-0.15, -0.1) is 0 Å². The summed E-state index contributed by atoms with van der Waals surface area (Å²) in [5, 5.41) is 0. The zero-order valence-corrected chi connectivity index (χ0v) is 11.8. The minimum absolute atomic E-state index is 0.236. The molecule has 0 aliphatic rings. The van der Waals surface area contributed by atoms with Gasteiger partial charge in [-0.05, 0) is 26.1 Å². The van der Waals surface area contributed by atoms with Gasteiger partial charge in [0.1, 0.15) is 6.29 Å². The molecule has 0 bridgehead atoms. The highest BCUT2D eigenvalue weighted by Gasteiger charge is 1.94. The average molecular weight is 233 g/mol. The molecule has 0 aromatic rings.